The average Bonchev–Trinajstić information content (AvgIpc) is 2.91. The van der Waals surface area contributed by atoms with Gasteiger partial charge in [-0.15, -0.1) is 0 Å². The number of rotatable bonds is 2. The number of phenols is 1. The molecule has 0 heterocycles. The first-order chi connectivity index (χ1) is 9.69. The van der Waals surface area contributed by atoms with Gasteiger partial charge in [-0.1, -0.05) is 25.0 Å². The van der Waals surface area contributed by atoms with Gasteiger partial charge in [-0.2, -0.15) is 0 Å². The molecule has 2 nitrogen and oxygen atoms in total. The fraction of sp³-hybridized carbons (Fsp3) is 0.611. The van der Waals surface area contributed by atoms with Gasteiger partial charge in [-0.05, 0) is 62.5 Å². The highest BCUT2D eigenvalue weighted by atomic mass is 16.3. The van der Waals surface area contributed by atoms with Gasteiger partial charge in [0.25, 0.3) is 0 Å². The molecule has 3 rings (SSSR count). The summed E-state index contributed by atoms with van der Waals surface area (Å²) < 4.78 is 0. The summed E-state index contributed by atoms with van der Waals surface area (Å²) >= 11 is 0. The Hall–Kier alpha value is -1.31. The van der Waals surface area contributed by atoms with E-state index in [0.29, 0.717) is 17.2 Å². The van der Waals surface area contributed by atoms with Gasteiger partial charge in [-0.3, -0.25) is 4.99 Å². The summed E-state index contributed by atoms with van der Waals surface area (Å²) in [5.41, 5.74) is 2.45. The lowest BCUT2D eigenvalue weighted by Crippen LogP contribution is -2.26. The Bertz CT molecular complexity index is 490. The minimum Gasteiger partial charge on any atom is -0.507 e. The van der Waals surface area contributed by atoms with Crippen LogP contribution in [0.2, 0.25) is 0 Å². The molecule has 1 aromatic rings. The molecule has 0 saturated heterocycles. The van der Waals surface area contributed by atoms with Crippen molar-refractivity contribution in [1.29, 1.82) is 0 Å². The molecule has 0 unspecified atom stereocenters. The number of phenolic OH excluding ortho intramolecular Hbond substituents is 1. The maximum absolute atomic E-state index is 10.0. The molecule has 2 aliphatic rings. The summed E-state index contributed by atoms with van der Waals surface area (Å²) in [6, 6.07) is 6.30. The van der Waals surface area contributed by atoms with E-state index in [2.05, 4.69) is 0 Å². The number of aliphatic imine (C=N–C) groups is 1. The molecule has 1 aromatic carbocycles. The second-order valence-electron chi connectivity index (χ2n) is 6.73. The number of nitrogens with zero attached hydrogens (tertiary/aromatic N) is 1. The summed E-state index contributed by atoms with van der Waals surface area (Å²) in [5.74, 6) is 0.374. The molecule has 2 heteroatoms. The fourth-order valence-electron chi connectivity index (χ4n) is 3.96. The normalized spacial score (nSPS) is 22.9. The first kappa shape index (κ1) is 13.7. The van der Waals surface area contributed by atoms with Crippen molar-refractivity contribution in [2.75, 3.05) is 0 Å². The van der Waals surface area contributed by atoms with Crippen molar-refractivity contribution in [2.24, 2.45) is 10.4 Å². The standard InChI is InChI=1S/C18H25NO/c1-14-5-4-6-15(17(14)20)13-19-16-7-11-18(12-8-16)9-2-3-10-18/h4-6,13,16,20H,2-3,7-12H2,1H3. The zero-order chi connectivity index (χ0) is 14.0. The molecule has 0 radical (unpaired) electrons. The number of para-hydroxylation sites is 1. The maximum Gasteiger partial charge on any atom is 0.127 e. The largest absolute Gasteiger partial charge is 0.507 e. The smallest absolute Gasteiger partial charge is 0.127 e. The van der Waals surface area contributed by atoms with Crippen LogP contribution in [-0.4, -0.2) is 17.4 Å². The van der Waals surface area contributed by atoms with Crippen LogP contribution in [0.15, 0.2) is 23.2 Å². The predicted molar refractivity (Wildman–Crippen MR) is 83.6 cm³/mol. The van der Waals surface area contributed by atoms with Crippen molar-refractivity contribution in [2.45, 2.75) is 64.3 Å². The molecule has 2 aliphatic carbocycles. The summed E-state index contributed by atoms with van der Waals surface area (Å²) in [7, 11) is 0. The van der Waals surface area contributed by atoms with E-state index in [9.17, 15) is 5.11 Å². The number of benzene rings is 1. The van der Waals surface area contributed by atoms with E-state index in [1.165, 1.54) is 51.4 Å². The first-order valence-corrected chi connectivity index (χ1v) is 8.00. The Balaban J connectivity index is 1.62. The van der Waals surface area contributed by atoms with Gasteiger partial charge in [0.05, 0.1) is 0 Å². The Morgan fingerprint density at radius 1 is 1.15 bits per heavy atom. The van der Waals surface area contributed by atoms with Gasteiger partial charge >= 0.3 is 0 Å². The van der Waals surface area contributed by atoms with Gasteiger partial charge < -0.3 is 5.11 Å². The lowest BCUT2D eigenvalue weighted by atomic mass is 9.71. The van der Waals surface area contributed by atoms with Crippen LogP contribution in [0.3, 0.4) is 0 Å². The van der Waals surface area contributed by atoms with Crippen molar-refractivity contribution in [3.05, 3.63) is 29.3 Å². The van der Waals surface area contributed by atoms with Crippen molar-refractivity contribution in [3.8, 4) is 5.75 Å². The van der Waals surface area contributed by atoms with E-state index in [-0.39, 0.29) is 0 Å². The predicted octanol–water partition coefficient (Wildman–Crippen LogP) is 4.62. The molecular formula is C18H25NO. The lowest BCUT2D eigenvalue weighted by Gasteiger charge is -2.35. The van der Waals surface area contributed by atoms with Gasteiger partial charge in [0.15, 0.2) is 0 Å². The second kappa shape index (κ2) is 5.59. The Morgan fingerprint density at radius 2 is 1.85 bits per heavy atom. The van der Waals surface area contributed by atoms with Crippen molar-refractivity contribution < 1.29 is 5.11 Å². The quantitative estimate of drug-likeness (QED) is 0.782. The van der Waals surface area contributed by atoms with E-state index in [4.69, 9.17) is 4.99 Å². The molecule has 0 atom stereocenters. The Kier molecular flexibility index (Phi) is 3.82. The highest BCUT2D eigenvalue weighted by Crippen LogP contribution is 2.49. The van der Waals surface area contributed by atoms with Gasteiger partial charge in [-0.25, -0.2) is 0 Å². The third kappa shape index (κ3) is 2.74. The molecule has 20 heavy (non-hydrogen) atoms. The molecule has 1 spiro atoms. The SMILES string of the molecule is Cc1cccc(C=NC2CCC3(CCCC3)CC2)c1O. The molecule has 2 saturated carbocycles. The Morgan fingerprint density at radius 3 is 2.55 bits per heavy atom. The lowest BCUT2D eigenvalue weighted by molar-refractivity contribution is 0.183. The monoisotopic (exact) mass is 271 g/mol. The van der Waals surface area contributed by atoms with Crippen molar-refractivity contribution in [1.82, 2.24) is 0 Å². The maximum atomic E-state index is 10.0. The number of hydrogen-bond donors (Lipinski definition) is 1. The van der Waals surface area contributed by atoms with Crippen molar-refractivity contribution in [3.63, 3.8) is 0 Å². The molecule has 108 valence electrons. The molecular weight excluding hydrogens is 246 g/mol. The highest BCUT2D eigenvalue weighted by molar-refractivity contribution is 5.84. The molecule has 0 amide bonds. The minimum absolute atomic E-state index is 0.374. The fourth-order valence-corrected chi connectivity index (χ4v) is 3.96. The van der Waals surface area contributed by atoms with Crippen LogP contribution in [0.1, 0.15) is 62.5 Å². The highest BCUT2D eigenvalue weighted by Gasteiger charge is 2.37. The van der Waals surface area contributed by atoms with Gasteiger partial charge in [0.1, 0.15) is 5.75 Å². The summed E-state index contributed by atoms with van der Waals surface area (Å²) in [4.78, 5) is 4.72. The van der Waals surface area contributed by atoms with Gasteiger partial charge in [0, 0.05) is 17.8 Å². The van der Waals surface area contributed by atoms with Crippen LogP contribution in [-0.2, 0) is 0 Å². The third-order valence-corrected chi connectivity index (χ3v) is 5.37. The third-order valence-electron chi connectivity index (χ3n) is 5.37. The first-order valence-electron chi connectivity index (χ1n) is 8.00. The second-order valence-corrected chi connectivity index (χ2v) is 6.73. The topological polar surface area (TPSA) is 32.6 Å². The van der Waals surface area contributed by atoms with E-state index in [1.54, 1.807) is 0 Å². The number of aromatic hydroxyl groups is 1. The molecule has 0 aliphatic heterocycles. The van der Waals surface area contributed by atoms with Crippen LogP contribution in [0, 0.1) is 12.3 Å². The minimum atomic E-state index is 0.374. The van der Waals surface area contributed by atoms with Crippen LogP contribution in [0.25, 0.3) is 0 Å². The van der Waals surface area contributed by atoms with E-state index < -0.39 is 0 Å². The average molecular weight is 271 g/mol. The molecule has 2 fully saturated rings. The molecule has 0 aromatic heterocycles. The van der Waals surface area contributed by atoms with Crippen LogP contribution >= 0.6 is 0 Å². The van der Waals surface area contributed by atoms with Crippen LogP contribution in [0.4, 0.5) is 0 Å². The zero-order valence-electron chi connectivity index (χ0n) is 12.4. The van der Waals surface area contributed by atoms with Crippen LogP contribution < -0.4 is 0 Å². The molecule has 1 N–H and O–H groups in total. The van der Waals surface area contributed by atoms with Gasteiger partial charge in [0.2, 0.25) is 0 Å². The summed E-state index contributed by atoms with van der Waals surface area (Å²) in [6.07, 6.45) is 12.8. The molecule has 0 bridgehead atoms. The van der Waals surface area contributed by atoms with Crippen molar-refractivity contribution >= 4 is 6.21 Å². The summed E-state index contributed by atoms with van der Waals surface area (Å²) in [5, 5.41) is 10.0. The number of hydrogen-bond acceptors (Lipinski definition) is 2. The van der Waals surface area contributed by atoms with E-state index in [1.807, 2.05) is 31.3 Å². The van der Waals surface area contributed by atoms with E-state index in [0.717, 1.165) is 11.1 Å². The Labute approximate surface area is 121 Å². The van der Waals surface area contributed by atoms with Crippen LogP contribution in [0.5, 0.6) is 5.75 Å². The zero-order valence-corrected chi connectivity index (χ0v) is 12.4. The van der Waals surface area contributed by atoms with E-state index >= 15 is 0 Å². The summed E-state index contributed by atoms with van der Waals surface area (Å²) in [6.45, 7) is 1.93. The number of aryl methyl sites for hydroxylation is 1.